The first-order chi connectivity index (χ1) is 33.5. The molecule has 1 unspecified atom stereocenters. The van der Waals surface area contributed by atoms with E-state index in [2.05, 4.69) is 118 Å². The Balaban J connectivity index is 4.45. The number of hydrogen-bond acceptors (Lipinski definition) is 6. The molecule has 0 fully saturated rings. The minimum absolute atomic E-state index is 0.0910. The molecule has 0 aromatic carbocycles. The van der Waals surface area contributed by atoms with E-state index in [1.165, 1.54) is 83.5 Å². The maximum atomic E-state index is 12.8. The third kappa shape index (κ3) is 53.3. The summed E-state index contributed by atoms with van der Waals surface area (Å²) in [6, 6.07) is 0. The molecule has 68 heavy (non-hydrogen) atoms. The number of ether oxygens (including phenoxy) is 3. The van der Waals surface area contributed by atoms with Gasteiger partial charge in [0.2, 0.25) is 0 Å². The van der Waals surface area contributed by atoms with Crippen molar-refractivity contribution in [3.05, 3.63) is 97.2 Å². The second kappa shape index (κ2) is 55.9. The van der Waals surface area contributed by atoms with Crippen molar-refractivity contribution in [2.75, 3.05) is 13.2 Å². The molecular formula is C62H104O6. The Kier molecular flexibility index (Phi) is 52.9. The van der Waals surface area contributed by atoms with Crippen LogP contribution in [0.5, 0.6) is 0 Å². The zero-order valence-corrected chi connectivity index (χ0v) is 44.3. The highest BCUT2D eigenvalue weighted by Crippen LogP contribution is 2.15. The summed E-state index contributed by atoms with van der Waals surface area (Å²) in [6.07, 6.45) is 73.9. The van der Waals surface area contributed by atoms with Crippen LogP contribution in [0.4, 0.5) is 0 Å². The van der Waals surface area contributed by atoms with E-state index in [9.17, 15) is 14.4 Å². The molecule has 0 bridgehead atoms. The molecular weight excluding hydrogens is 841 g/mol. The van der Waals surface area contributed by atoms with Gasteiger partial charge in [-0.1, -0.05) is 240 Å². The minimum atomic E-state index is -0.796. The van der Waals surface area contributed by atoms with Crippen LogP contribution in [-0.2, 0) is 28.6 Å². The summed E-state index contributed by atoms with van der Waals surface area (Å²) in [7, 11) is 0. The molecule has 0 aromatic rings. The van der Waals surface area contributed by atoms with Gasteiger partial charge in [-0.15, -0.1) is 0 Å². The largest absolute Gasteiger partial charge is 0.462 e. The number of carbonyl (C=O) groups is 3. The summed E-state index contributed by atoms with van der Waals surface area (Å²) in [6.45, 7) is 6.39. The summed E-state index contributed by atoms with van der Waals surface area (Å²) in [4.78, 5) is 38.1. The second-order valence-electron chi connectivity index (χ2n) is 18.4. The summed E-state index contributed by atoms with van der Waals surface area (Å²) in [5.74, 6) is -0.926. The Morgan fingerprint density at radius 2 is 0.574 bits per heavy atom. The normalized spacial score (nSPS) is 12.8. The van der Waals surface area contributed by atoms with Crippen molar-refractivity contribution in [1.29, 1.82) is 0 Å². The van der Waals surface area contributed by atoms with Gasteiger partial charge >= 0.3 is 17.9 Å². The van der Waals surface area contributed by atoms with Crippen molar-refractivity contribution in [2.24, 2.45) is 0 Å². The standard InChI is InChI=1S/C62H104O6/c1-4-7-10-13-16-19-22-25-28-30-31-33-34-37-40-43-46-49-52-55-61(64)67-58-59(57-66-60(63)54-51-48-45-42-39-36-27-24-21-18-15-12-9-6-3)68-62(65)56-53-50-47-44-41-38-35-32-29-26-23-20-17-14-11-8-5-2/h7-8,10-11,16-17,19-20,25-26,28-29,31,33,35,38,59H,4-6,9,12-15,18,21-24,27,30,32,34,36-37,39-58H2,1-3H3/b10-7-,11-8-,19-16-,20-17-,28-25-,29-26-,33-31-,38-35-. The SMILES string of the molecule is CC/C=C\C/C=C\C/C=C\C/C=C\CCCCCCCCC(=O)OCC(COC(=O)CCCCCCCCCCCCCCCC)OC(=O)CCCCCC/C=C\C/C=C\C/C=C\C/C=C\CC. The number of rotatable bonds is 50. The Labute approximate surface area is 419 Å². The topological polar surface area (TPSA) is 78.9 Å². The molecule has 0 saturated carbocycles. The molecule has 0 aliphatic rings. The first-order valence-corrected chi connectivity index (χ1v) is 28.2. The lowest BCUT2D eigenvalue weighted by Crippen LogP contribution is -2.30. The van der Waals surface area contributed by atoms with Crippen molar-refractivity contribution in [1.82, 2.24) is 0 Å². The molecule has 6 heteroatoms. The fourth-order valence-electron chi connectivity index (χ4n) is 7.66. The Bertz CT molecular complexity index is 1360. The fourth-order valence-corrected chi connectivity index (χ4v) is 7.66. The predicted molar refractivity (Wildman–Crippen MR) is 293 cm³/mol. The highest BCUT2D eigenvalue weighted by Gasteiger charge is 2.19. The molecule has 0 spiro atoms. The Morgan fingerprint density at radius 1 is 0.309 bits per heavy atom. The summed E-state index contributed by atoms with van der Waals surface area (Å²) >= 11 is 0. The fraction of sp³-hybridized carbons (Fsp3) is 0.694. The van der Waals surface area contributed by atoms with Crippen LogP contribution in [0.1, 0.15) is 258 Å². The number of carbonyl (C=O) groups excluding carboxylic acids is 3. The number of esters is 3. The number of hydrogen-bond donors (Lipinski definition) is 0. The molecule has 0 heterocycles. The van der Waals surface area contributed by atoms with E-state index in [1.807, 2.05) is 0 Å². The third-order valence-corrected chi connectivity index (χ3v) is 11.8. The van der Waals surface area contributed by atoms with Crippen LogP contribution in [-0.4, -0.2) is 37.2 Å². The van der Waals surface area contributed by atoms with Gasteiger partial charge in [0.15, 0.2) is 6.10 Å². The van der Waals surface area contributed by atoms with Crippen LogP contribution >= 0.6 is 0 Å². The van der Waals surface area contributed by atoms with Gasteiger partial charge in [-0.3, -0.25) is 14.4 Å². The maximum Gasteiger partial charge on any atom is 0.306 e. The van der Waals surface area contributed by atoms with Crippen LogP contribution in [0.25, 0.3) is 0 Å². The van der Waals surface area contributed by atoms with Crippen molar-refractivity contribution in [2.45, 2.75) is 264 Å². The van der Waals surface area contributed by atoms with Gasteiger partial charge in [0, 0.05) is 19.3 Å². The van der Waals surface area contributed by atoms with Crippen LogP contribution < -0.4 is 0 Å². The average Bonchev–Trinajstić information content (AvgIpc) is 3.34. The van der Waals surface area contributed by atoms with Crippen molar-refractivity contribution in [3.63, 3.8) is 0 Å². The van der Waals surface area contributed by atoms with Crippen molar-refractivity contribution < 1.29 is 28.6 Å². The van der Waals surface area contributed by atoms with E-state index < -0.39 is 6.10 Å². The summed E-state index contributed by atoms with van der Waals surface area (Å²) in [5.41, 5.74) is 0. The van der Waals surface area contributed by atoms with E-state index in [0.29, 0.717) is 19.3 Å². The van der Waals surface area contributed by atoms with Gasteiger partial charge in [0.05, 0.1) is 0 Å². The highest BCUT2D eigenvalue weighted by atomic mass is 16.6. The third-order valence-electron chi connectivity index (χ3n) is 11.8. The smallest absolute Gasteiger partial charge is 0.306 e. The zero-order valence-electron chi connectivity index (χ0n) is 44.3. The second-order valence-corrected chi connectivity index (χ2v) is 18.4. The van der Waals surface area contributed by atoms with Gasteiger partial charge in [-0.05, 0) is 96.3 Å². The van der Waals surface area contributed by atoms with Gasteiger partial charge in [0.1, 0.15) is 13.2 Å². The lowest BCUT2D eigenvalue weighted by molar-refractivity contribution is -0.167. The van der Waals surface area contributed by atoms with Gasteiger partial charge < -0.3 is 14.2 Å². The Morgan fingerprint density at radius 3 is 0.897 bits per heavy atom. The number of allylic oxidation sites excluding steroid dienone is 16. The molecule has 0 rings (SSSR count). The molecule has 0 aromatic heterocycles. The lowest BCUT2D eigenvalue weighted by atomic mass is 10.0. The van der Waals surface area contributed by atoms with Crippen LogP contribution in [0, 0.1) is 0 Å². The van der Waals surface area contributed by atoms with Crippen molar-refractivity contribution in [3.8, 4) is 0 Å². The molecule has 0 N–H and O–H groups in total. The van der Waals surface area contributed by atoms with Gasteiger partial charge in [-0.25, -0.2) is 0 Å². The first kappa shape index (κ1) is 64.3. The summed E-state index contributed by atoms with van der Waals surface area (Å²) in [5, 5.41) is 0. The monoisotopic (exact) mass is 945 g/mol. The molecule has 1 atom stereocenters. The van der Waals surface area contributed by atoms with Gasteiger partial charge in [0.25, 0.3) is 0 Å². The quantitative estimate of drug-likeness (QED) is 0.0262. The van der Waals surface area contributed by atoms with Gasteiger partial charge in [-0.2, -0.15) is 0 Å². The minimum Gasteiger partial charge on any atom is -0.462 e. The van der Waals surface area contributed by atoms with E-state index in [0.717, 1.165) is 135 Å². The van der Waals surface area contributed by atoms with E-state index in [1.54, 1.807) is 0 Å². The molecule has 0 saturated heterocycles. The van der Waals surface area contributed by atoms with E-state index in [4.69, 9.17) is 14.2 Å². The maximum absolute atomic E-state index is 12.8. The van der Waals surface area contributed by atoms with E-state index in [-0.39, 0.29) is 31.1 Å². The highest BCUT2D eigenvalue weighted by molar-refractivity contribution is 5.71. The zero-order chi connectivity index (χ0) is 49.3. The Hall–Kier alpha value is -3.67. The molecule has 0 aliphatic heterocycles. The molecule has 0 amide bonds. The molecule has 0 radical (unpaired) electrons. The first-order valence-electron chi connectivity index (χ1n) is 28.2. The molecule has 388 valence electrons. The van der Waals surface area contributed by atoms with E-state index >= 15 is 0 Å². The van der Waals surface area contributed by atoms with Crippen LogP contribution in [0.2, 0.25) is 0 Å². The van der Waals surface area contributed by atoms with Crippen LogP contribution in [0.3, 0.4) is 0 Å². The predicted octanol–water partition coefficient (Wildman–Crippen LogP) is 18.9. The van der Waals surface area contributed by atoms with Crippen molar-refractivity contribution >= 4 is 17.9 Å². The lowest BCUT2D eigenvalue weighted by Gasteiger charge is -2.18. The summed E-state index contributed by atoms with van der Waals surface area (Å²) < 4.78 is 16.8. The molecule has 6 nitrogen and oxygen atoms in total. The number of unbranched alkanes of at least 4 members (excludes halogenated alkanes) is 23. The van der Waals surface area contributed by atoms with Crippen LogP contribution in [0.15, 0.2) is 97.2 Å². The molecule has 0 aliphatic carbocycles. The average molecular weight is 946 g/mol.